The normalized spacial score (nSPS) is 16.4. The van der Waals surface area contributed by atoms with Crippen LogP contribution in [0, 0.1) is 0 Å². The summed E-state index contributed by atoms with van der Waals surface area (Å²) in [5.41, 5.74) is 6.67. The molecule has 0 aliphatic carbocycles. The Labute approximate surface area is 180 Å². The molecule has 10 heteroatoms. The van der Waals surface area contributed by atoms with E-state index in [1.807, 2.05) is 0 Å². The van der Waals surface area contributed by atoms with Crippen molar-refractivity contribution < 1.29 is 27.4 Å². The standard InChI is InChI=1S/C21H23N3O6S/c1-15(16-5-6-19-20(14-16)30-12-11-29-19)22-23-21(25)17-3-2-4-18(13-17)31(26,27)24-7-9-28-10-8-24/h2-6,13-14,22H,1,7-12H2,(H,23,25). The van der Waals surface area contributed by atoms with E-state index < -0.39 is 15.9 Å². The van der Waals surface area contributed by atoms with Crippen LogP contribution in [0.1, 0.15) is 15.9 Å². The molecule has 164 valence electrons. The number of fused-ring (bicyclic) bond motifs is 1. The predicted molar refractivity (Wildman–Crippen MR) is 113 cm³/mol. The number of benzene rings is 2. The number of rotatable bonds is 6. The first-order valence-electron chi connectivity index (χ1n) is 9.78. The number of hydrazine groups is 1. The van der Waals surface area contributed by atoms with Crippen molar-refractivity contribution in [2.75, 3.05) is 39.5 Å². The van der Waals surface area contributed by atoms with Crippen molar-refractivity contribution in [3.63, 3.8) is 0 Å². The van der Waals surface area contributed by atoms with Crippen molar-refractivity contribution in [3.8, 4) is 11.5 Å². The number of hydrogen-bond acceptors (Lipinski definition) is 7. The number of carbonyl (C=O) groups is 1. The van der Waals surface area contributed by atoms with Crippen molar-refractivity contribution >= 4 is 21.6 Å². The number of morpholine rings is 1. The average molecular weight is 445 g/mol. The first kappa shape index (κ1) is 21.2. The fourth-order valence-electron chi connectivity index (χ4n) is 3.24. The third-order valence-electron chi connectivity index (χ3n) is 4.92. The van der Waals surface area contributed by atoms with Crippen molar-refractivity contribution in [3.05, 3.63) is 60.2 Å². The molecule has 0 radical (unpaired) electrons. The zero-order valence-electron chi connectivity index (χ0n) is 16.8. The molecule has 2 aromatic rings. The molecule has 1 amide bonds. The molecule has 1 fully saturated rings. The van der Waals surface area contributed by atoms with Gasteiger partial charge in [0.25, 0.3) is 5.91 Å². The number of nitrogens with zero attached hydrogens (tertiary/aromatic N) is 1. The molecule has 0 aromatic heterocycles. The SMILES string of the molecule is C=C(NNC(=O)c1cccc(S(=O)(=O)N2CCOCC2)c1)c1ccc2c(c1)OCCO2. The van der Waals surface area contributed by atoms with Crippen LogP contribution < -0.4 is 20.3 Å². The third kappa shape index (κ3) is 4.66. The molecule has 2 aliphatic heterocycles. The van der Waals surface area contributed by atoms with E-state index in [-0.39, 0.29) is 23.5 Å². The summed E-state index contributed by atoms with van der Waals surface area (Å²) >= 11 is 0. The molecule has 0 saturated carbocycles. The van der Waals surface area contributed by atoms with Crippen molar-refractivity contribution in [2.45, 2.75) is 4.90 Å². The van der Waals surface area contributed by atoms with Gasteiger partial charge in [0, 0.05) is 24.2 Å². The molecule has 2 N–H and O–H groups in total. The van der Waals surface area contributed by atoms with E-state index in [1.54, 1.807) is 24.3 Å². The summed E-state index contributed by atoms with van der Waals surface area (Å²) in [7, 11) is -3.69. The Kier molecular flexibility index (Phi) is 6.12. The number of nitrogens with one attached hydrogen (secondary N) is 2. The van der Waals surface area contributed by atoms with Crippen LogP contribution in [-0.4, -0.2) is 58.1 Å². The maximum Gasteiger partial charge on any atom is 0.269 e. The van der Waals surface area contributed by atoms with Gasteiger partial charge in [0.15, 0.2) is 11.5 Å². The van der Waals surface area contributed by atoms with E-state index in [0.29, 0.717) is 49.2 Å². The Morgan fingerprint density at radius 1 is 0.903 bits per heavy atom. The van der Waals surface area contributed by atoms with Gasteiger partial charge in [-0.3, -0.25) is 15.6 Å². The lowest BCUT2D eigenvalue weighted by Crippen LogP contribution is -2.40. The highest BCUT2D eigenvalue weighted by molar-refractivity contribution is 7.89. The van der Waals surface area contributed by atoms with Crippen LogP contribution in [-0.2, 0) is 14.8 Å². The molecule has 4 rings (SSSR count). The Bertz CT molecular complexity index is 1100. The first-order valence-corrected chi connectivity index (χ1v) is 11.2. The largest absolute Gasteiger partial charge is 0.486 e. The number of carbonyl (C=O) groups excluding carboxylic acids is 1. The molecule has 2 aliphatic rings. The third-order valence-corrected chi connectivity index (χ3v) is 6.82. The van der Waals surface area contributed by atoms with Crippen LogP contribution >= 0.6 is 0 Å². The van der Waals surface area contributed by atoms with Gasteiger partial charge in [0.1, 0.15) is 13.2 Å². The smallest absolute Gasteiger partial charge is 0.269 e. The van der Waals surface area contributed by atoms with Crippen LogP contribution in [0.2, 0.25) is 0 Å². The molecular formula is C21H23N3O6S. The Hall–Kier alpha value is -3.08. The van der Waals surface area contributed by atoms with Gasteiger partial charge in [-0.1, -0.05) is 12.6 Å². The fourth-order valence-corrected chi connectivity index (χ4v) is 4.70. The minimum atomic E-state index is -3.69. The van der Waals surface area contributed by atoms with Crippen molar-refractivity contribution in [1.29, 1.82) is 0 Å². The Morgan fingerprint density at radius 2 is 1.65 bits per heavy atom. The molecule has 0 atom stereocenters. The summed E-state index contributed by atoms with van der Waals surface area (Å²) in [6.45, 7) is 6.17. The quantitative estimate of drug-likeness (QED) is 0.647. The number of sulfonamides is 1. The topological polar surface area (TPSA) is 106 Å². The lowest BCUT2D eigenvalue weighted by Gasteiger charge is -2.26. The number of ether oxygens (including phenoxy) is 3. The molecule has 0 bridgehead atoms. The second-order valence-electron chi connectivity index (χ2n) is 6.96. The van der Waals surface area contributed by atoms with Gasteiger partial charge < -0.3 is 14.2 Å². The average Bonchev–Trinajstić information content (AvgIpc) is 2.82. The van der Waals surface area contributed by atoms with E-state index >= 15 is 0 Å². The summed E-state index contributed by atoms with van der Waals surface area (Å²) in [5.74, 6) is 0.780. The molecule has 31 heavy (non-hydrogen) atoms. The lowest BCUT2D eigenvalue weighted by molar-refractivity contribution is 0.0730. The number of hydrogen-bond donors (Lipinski definition) is 2. The lowest BCUT2D eigenvalue weighted by atomic mass is 10.1. The maximum atomic E-state index is 12.8. The molecule has 0 unspecified atom stereocenters. The molecule has 0 spiro atoms. The predicted octanol–water partition coefficient (Wildman–Crippen LogP) is 1.38. The second kappa shape index (κ2) is 8.96. The van der Waals surface area contributed by atoms with E-state index in [0.717, 1.165) is 0 Å². The van der Waals surface area contributed by atoms with Gasteiger partial charge in [-0.05, 0) is 36.4 Å². The van der Waals surface area contributed by atoms with Gasteiger partial charge in [-0.25, -0.2) is 8.42 Å². The summed E-state index contributed by atoms with van der Waals surface area (Å²) < 4.78 is 43.3. The van der Waals surface area contributed by atoms with E-state index in [1.165, 1.54) is 22.5 Å². The van der Waals surface area contributed by atoms with E-state index in [9.17, 15) is 13.2 Å². The van der Waals surface area contributed by atoms with Crippen molar-refractivity contribution in [2.24, 2.45) is 0 Å². The van der Waals surface area contributed by atoms with Crippen LogP contribution in [0.3, 0.4) is 0 Å². The first-order chi connectivity index (χ1) is 14.9. The molecule has 9 nitrogen and oxygen atoms in total. The minimum Gasteiger partial charge on any atom is -0.486 e. The van der Waals surface area contributed by atoms with Crippen LogP contribution in [0.5, 0.6) is 11.5 Å². The zero-order chi connectivity index (χ0) is 21.8. The molecule has 2 heterocycles. The van der Waals surface area contributed by atoms with Crippen LogP contribution in [0.4, 0.5) is 0 Å². The zero-order valence-corrected chi connectivity index (χ0v) is 17.6. The molecule has 1 saturated heterocycles. The van der Waals surface area contributed by atoms with Crippen molar-refractivity contribution in [1.82, 2.24) is 15.2 Å². The number of amides is 1. The van der Waals surface area contributed by atoms with Gasteiger partial charge in [0.05, 0.1) is 23.8 Å². The minimum absolute atomic E-state index is 0.0627. The highest BCUT2D eigenvalue weighted by atomic mass is 32.2. The van der Waals surface area contributed by atoms with E-state index in [4.69, 9.17) is 14.2 Å². The second-order valence-corrected chi connectivity index (χ2v) is 8.90. The van der Waals surface area contributed by atoms with Crippen LogP contribution in [0.15, 0.2) is 53.9 Å². The monoisotopic (exact) mass is 445 g/mol. The highest BCUT2D eigenvalue weighted by Gasteiger charge is 2.27. The summed E-state index contributed by atoms with van der Waals surface area (Å²) in [4.78, 5) is 12.6. The maximum absolute atomic E-state index is 12.8. The van der Waals surface area contributed by atoms with Gasteiger partial charge in [-0.15, -0.1) is 0 Å². The van der Waals surface area contributed by atoms with Gasteiger partial charge in [0.2, 0.25) is 10.0 Å². The van der Waals surface area contributed by atoms with Gasteiger partial charge >= 0.3 is 0 Å². The molecular weight excluding hydrogens is 422 g/mol. The van der Waals surface area contributed by atoms with E-state index in [2.05, 4.69) is 17.4 Å². The Morgan fingerprint density at radius 3 is 2.42 bits per heavy atom. The molecule has 2 aromatic carbocycles. The fraction of sp³-hybridized carbons (Fsp3) is 0.286. The van der Waals surface area contributed by atoms with Gasteiger partial charge in [-0.2, -0.15) is 4.31 Å². The summed E-state index contributed by atoms with van der Waals surface area (Å²) in [5, 5.41) is 0. The summed E-state index contributed by atoms with van der Waals surface area (Å²) in [6, 6.07) is 11.3. The summed E-state index contributed by atoms with van der Waals surface area (Å²) in [6.07, 6.45) is 0. The Balaban J connectivity index is 1.42. The van der Waals surface area contributed by atoms with Crippen LogP contribution in [0.25, 0.3) is 5.70 Å². The highest BCUT2D eigenvalue weighted by Crippen LogP contribution is 2.32.